The molecule has 0 aliphatic carbocycles. The molecule has 1 amide bonds. The molecule has 0 heterocycles. The molecule has 0 aromatic heterocycles. The predicted molar refractivity (Wildman–Crippen MR) is 52.5 cm³/mol. The average Bonchev–Trinajstić information content (AvgIpc) is 2.11. The summed E-state index contributed by atoms with van der Waals surface area (Å²) in [7, 11) is 0. The van der Waals surface area contributed by atoms with Gasteiger partial charge in [-0.15, -0.1) is 12.3 Å². The monoisotopic (exact) mass is 197 g/mol. The highest BCUT2D eigenvalue weighted by Gasteiger charge is 2.08. The summed E-state index contributed by atoms with van der Waals surface area (Å²) in [6, 6.07) is -0.114. The van der Waals surface area contributed by atoms with E-state index < -0.39 is 5.97 Å². The first-order valence-corrected chi connectivity index (χ1v) is 4.51. The van der Waals surface area contributed by atoms with E-state index >= 15 is 0 Å². The molecule has 0 aromatic rings. The number of carbonyl (C=O) groups is 2. The fraction of sp³-hybridized carbons (Fsp3) is 0.600. The first-order valence-electron chi connectivity index (χ1n) is 4.51. The van der Waals surface area contributed by atoms with Gasteiger partial charge in [-0.3, -0.25) is 9.59 Å². The lowest BCUT2D eigenvalue weighted by Gasteiger charge is -2.11. The Hall–Kier alpha value is -1.50. The van der Waals surface area contributed by atoms with Gasteiger partial charge in [0.05, 0.1) is 0 Å². The van der Waals surface area contributed by atoms with Crippen molar-refractivity contribution < 1.29 is 14.7 Å². The summed E-state index contributed by atoms with van der Waals surface area (Å²) in [6.07, 6.45) is 6.22. The van der Waals surface area contributed by atoms with E-state index in [2.05, 4.69) is 11.2 Å². The molecular weight excluding hydrogens is 182 g/mol. The van der Waals surface area contributed by atoms with Crippen LogP contribution in [0.3, 0.4) is 0 Å². The van der Waals surface area contributed by atoms with Crippen LogP contribution in [0.2, 0.25) is 0 Å². The molecule has 0 bridgehead atoms. The van der Waals surface area contributed by atoms with Crippen LogP contribution in [0.5, 0.6) is 0 Å². The summed E-state index contributed by atoms with van der Waals surface area (Å²) < 4.78 is 0. The highest BCUT2D eigenvalue weighted by Crippen LogP contribution is 1.97. The number of hydrogen-bond acceptors (Lipinski definition) is 2. The van der Waals surface area contributed by atoms with E-state index in [0.717, 1.165) is 0 Å². The number of carboxylic acids is 1. The lowest BCUT2D eigenvalue weighted by molar-refractivity contribution is -0.137. The number of hydrogen-bond donors (Lipinski definition) is 2. The van der Waals surface area contributed by atoms with Crippen LogP contribution in [0.25, 0.3) is 0 Å². The van der Waals surface area contributed by atoms with Crippen LogP contribution in [-0.2, 0) is 9.59 Å². The summed E-state index contributed by atoms with van der Waals surface area (Å²) >= 11 is 0. The van der Waals surface area contributed by atoms with Crippen molar-refractivity contribution in [1.29, 1.82) is 0 Å². The van der Waals surface area contributed by atoms with Crippen molar-refractivity contribution >= 4 is 11.9 Å². The van der Waals surface area contributed by atoms with Crippen molar-refractivity contribution in [2.75, 3.05) is 0 Å². The average molecular weight is 197 g/mol. The second-order valence-corrected chi connectivity index (χ2v) is 3.11. The number of amides is 1. The van der Waals surface area contributed by atoms with E-state index in [9.17, 15) is 9.59 Å². The maximum absolute atomic E-state index is 11.1. The Kier molecular flexibility index (Phi) is 6.21. The van der Waals surface area contributed by atoms with Gasteiger partial charge in [-0.1, -0.05) is 0 Å². The van der Waals surface area contributed by atoms with Crippen molar-refractivity contribution in [3.8, 4) is 12.3 Å². The van der Waals surface area contributed by atoms with E-state index in [1.54, 1.807) is 6.92 Å². The van der Waals surface area contributed by atoms with E-state index in [4.69, 9.17) is 11.5 Å². The topological polar surface area (TPSA) is 66.4 Å². The summed E-state index contributed by atoms with van der Waals surface area (Å²) in [6.45, 7) is 1.77. The van der Waals surface area contributed by atoms with Gasteiger partial charge >= 0.3 is 5.97 Å². The van der Waals surface area contributed by atoms with Gasteiger partial charge in [0.15, 0.2) is 0 Å². The predicted octanol–water partition coefficient (Wildman–Crippen LogP) is 0.769. The maximum Gasteiger partial charge on any atom is 0.303 e. The molecule has 78 valence electrons. The van der Waals surface area contributed by atoms with Crippen LogP contribution in [0.1, 0.15) is 32.6 Å². The van der Waals surface area contributed by atoms with Gasteiger partial charge in [0.25, 0.3) is 0 Å². The van der Waals surface area contributed by atoms with Gasteiger partial charge in [0.1, 0.15) is 0 Å². The maximum atomic E-state index is 11.1. The molecule has 0 spiro atoms. The third kappa shape index (κ3) is 7.17. The van der Waals surface area contributed by atoms with Crippen molar-refractivity contribution in [2.45, 2.75) is 38.6 Å². The summed E-state index contributed by atoms with van der Waals surface area (Å²) in [4.78, 5) is 21.3. The van der Waals surface area contributed by atoms with E-state index in [0.29, 0.717) is 19.3 Å². The summed E-state index contributed by atoms with van der Waals surface area (Å²) in [5.74, 6) is 1.39. The second kappa shape index (κ2) is 6.96. The second-order valence-electron chi connectivity index (χ2n) is 3.11. The van der Waals surface area contributed by atoms with Crippen molar-refractivity contribution in [3.05, 3.63) is 0 Å². The normalized spacial score (nSPS) is 11.4. The minimum Gasteiger partial charge on any atom is -0.481 e. The van der Waals surface area contributed by atoms with Crippen LogP contribution < -0.4 is 5.32 Å². The molecule has 0 saturated carbocycles. The Balaban J connectivity index is 3.61. The largest absolute Gasteiger partial charge is 0.481 e. The number of carbonyl (C=O) groups excluding carboxylic acids is 1. The summed E-state index contributed by atoms with van der Waals surface area (Å²) in [5.41, 5.74) is 0. The zero-order chi connectivity index (χ0) is 11.0. The van der Waals surface area contributed by atoms with Crippen LogP contribution >= 0.6 is 0 Å². The van der Waals surface area contributed by atoms with Gasteiger partial charge in [-0.2, -0.15) is 0 Å². The van der Waals surface area contributed by atoms with Crippen molar-refractivity contribution in [1.82, 2.24) is 5.32 Å². The zero-order valence-corrected chi connectivity index (χ0v) is 8.25. The van der Waals surface area contributed by atoms with E-state index in [1.807, 2.05) is 0 Å². The van der Waals surface area contributed by atoms with Gasteiger partial charge in [-0.05, 0) is 13.3 Å². The third-order valence-electron chi connectivity index (χ3n) is 1.70. The lowest BCUT2D eigenvalue weighted by atomic mass is 10.2. The number of rotatable bonds is 6. The molecule has 4 nitrogen and oxygen atoms in total. The van der Waals surface area contributed by atoms with Crippen LogP contribution in [0, 0.1) is 12.3 Å². The van der Waals surface area contributed by atoms with Crippen molar-refractivity contribution in [3.63, 3.8) is 0 Å². The highest BCUT2D eigenvalue weighted by molar-refractivity contribution is 5.76. The minimum atomic E-state index is -0.852. The molecule has 1 atom stereocenters. The molecule has 0 aliphatic rings. The Bertz CT molecular complexity index is 242. The highest BCUT2D eigenvalue weighted by atomic mass is 16.4. The zero-order valence-electron chi connectivity index (χ0n) is 8.25. The Labute approximate surface area is 83.7 Å². The molecule has 0 saturated heterocycles. The van der Waals surface area contributed by atoms with Gasteiger partial charge in [0, 0.05) is 25.3 Å². The SMILES string of the molecule is C#CCCC(=O)NC(C)CCC(=O)O. The van der Waals surface area contributed by atoms with Gasteiger partial charge in [0.2, 0.25) is 5.91 Å². The fourth-order valence-corrected chi connectivity index (χ4v) is 0.945. The Morgan fingerprint density at radius 1 is 1.50 bits per heavy atom. The minimum absolute atomic E-state index is 0.0661. The lowest BCUT2D eigenvalue weighted by Crippen LogP contribution is -2.32. The molecule has 1 unspecified atom stereocenters. The van der Waals surface area contributed by atoms with Crippen LogP contribution in [-0.4, -0.2) is 23.0 Å². The molecule has 0 aromatic carbocycles. The smallest absolute Gasteiger partial charge is 0.303 e. The molecule has 2 N–H and O–H groups in total. The number of terminal acetylenes is 1. The van der Waals surface area contributed by atoms with E-state index in [1.165, 1.54) is 0 Å². The van der Waals surface area contributed by atoms with Crippen molar-refractivity contribution in [2.24, 2.45) is 0 Å². The molecule has 4 heteroatoms. The number of carboxylic acid groups (broad SMARTS) is 1. The summed E-state index contributed by atoms with van der Waals surface area (Å²) in [5, 5.41) is 11.1. The molecule has 0 rings (SSSR count). The molecule has 0 fully saturated rings. The standard InChI is InChI=1S/C10H15NO3/c1-3-4-5-9(12)11-8(2)6-7-10(13)14/h1,8H,4-7H2,2H3,(H,11,12)(H,13,14). The third-order valence-corrected chi connectivity index (χ3v) is 1.70. The first kappa shape index (κ1) is 12.5. The number of aliphatic carboxylic acids is 1. The first-order chi connectivity index (χ1) is 6.56. The van der Waals surface area contributed by atoms with Gasteiger partial charge < -0.3 is 10.4 Å². The molecule has 0 aliphatic heterocycles. The molecule has 0 radical (unpaired) electrons. The van der Waals surface area contributed by atoms with E-state index in [-0.39, 0.29) is 18.4 Å². The van der Waals surface area contributed by atoms with Crippen LogP contribution in [0.15, 0.2) is 0 Å². The quantitative estimate of drug-likeness (QED) is 0.618. The Morgan fingerprint density at radius 2 is 2.14 bits per heavy atom. The molecule has 14 heavy (non-hydrogen) atoms. The van der Waals surface area contributed by atoms with Crippen LogP contribution in [0.4, 0.5) is 0 Å². The Morgan fingerprint density at radius 3 is 2.64 bits per heavy atom. The fourth-order valence-electron chi connectivity index (χ4n) is 0.945. The number of nitrogens with one attached hydrogen (secondary N) is 1. The van der Waals surface area contributed by atoms with Gasteiger partial charge in [-0.25, -0.2) is 0 Å². The molecular formula is C10H15NO3.